The Hall–Kier alpha value is 0.260. The Morgan fingerprint density at radius 2 is 2.08 bits per heavy atom. The Kier molecular flexibility index (Phi) is 7.80. The first-order valence-corrected chi connectivity index (χ1v) is 5.31. The summed E-state index contributed by atoms with van der Waals surface area (Å²) in [5, 5.41) is 0.702. The summed E-state index contributed by atoms with van der Waals surface area (Å²) < 4.78 is 29.1. The molecule has 0 aliphatic carbocycles. The smallest absolute Gasteiger partial charge is 0.251 e. The third kappa shape index (κ3) is 6.35. The van der Waals surface area contributed by atoms with Gasteiger partial charge in [-0.2, -0.15) is 0 Å². The third-order valence-corrected chi connectivity index (χ3v) is 2.13. The second-order valence-electron chi connectivity index (χ2n) is 2.88. The fraction of sp³-hybridized carbons (Fsp3) is 1.00. The molecule has 0 amide bonds. The fourth-order valence-corrected chi connectivity index (χ4v) is 1.58. The molecule has 0 saturated heterocycles. The van der Waals surface area contributed by atoms with Crippen molar-refractivity contribution in [3.63, 3.8) is 0 Å². The van der Waals surface area contributed by atoms with Gasteiger partial charge in [0.05, 0.1) is 13.2 Å². The maximum absolute atomic E-state index is 12.1. The number of hydrogen-bond acceptors (Lipinski definition) is 2. The number of alkyl halides is 3. The molecular formula is C8H16BrF2NO. The van der Waals surface area contributed by atoms with E-state index in [9.17, 15) is 8.78 Å². The lowest BCUT2D eigenvalue weighted by molar-refractivity contribution is 0.0452. The standard InChI is InChI=1S/C8H16BrF2NO/c1-7(6-13-2)12(4-3-9)5-8(10)11/h7-8H,3-6H2,1-2H3. The molecule has 0 radical (unpaired) electrons. The van der Waals surface area contributed by atoms with Crippen molar-refractivity contribution in [1.82, 2.24) is 4.90 Å². The second-order valence-corrected chi connectivity index (χ2v) is 3.67. The van der Waals surface area contributed by atoms with Crippen LogP contribution in [0.1, 0.15) is 6.92 Å². The van der Waals surface area contributed by atoms with Crippen molar-refractivity contribution < 1.29 is 13.5 Å². The number of methoxy groups -OCH3 is 1. The zero-order chi connectivity index (χ0) is 10.3. The molecule has 0 aromatic heterocycles. The summed E-state index contributed by atoms with van der Waals surface area (Å²) in [5.41, 5.74) is 0. The number of hydrogen-bond donors (Lipinski definition) is 0. The lowest BCUT2D eigenvalue weighted by Crippen LogP contribution is -2.40. The summed E-state index contributed by atoms with van der Waals surface area (Å²) in [5.74, 6) is 0. The first-order chi connectivity index (χ1) is 6.11. The molecule has 0 rings (SSSR count). The van der Waals surface area contributed by atoms with E-state index < -0.39 is 6.43 Å². The molecule has 0 spiro atoms. The number of nitrogens with zero attached hydrogens (tertiary/aromatic N) is 1. The quantitative estimate of drug-likeness (QED) is 0.649. The van der Waals surface area contributed by atoms with E-state index in [0.717, 1.165) is 0 Å². The van der Waals surface area contributed by atoms with E-state index in [0.29, 0.717) is 18.5 Å². The molecule has 0 heterocycles. The minimum atomic E-state index is -2.28. The van der Waals surface area contributed by atoms with Crippen LogP contribution in [-0.4, -0.2) is 49.5 Å². The van der Waals surface area contributed by atoms with E-state index in [1.807, 2.05) is 6.92 Å². The summed E-state index contributed by atoms with van der Waals surface area (Å²) in [6.07, 6.45) is -2.28. The molecule has 1 unspecified atom stereocenters. The maximum atomic E-state index is 12.1. The van der Waals surface area contributed by atoms with Gasteiger partial charge in [-0.15, -0.1) is 0 Å². The Balaban J connectivity index is 3.90. The van der Waals surface area contributed by atoms with Gasteiger partial charge >= 0.3 is 0 Å². The molecule has 0 bridgehead atoms. The lowest BCUT2D eigenvalue weighted by Gasteiger charge is -2.27. The highest BCUT2D eigenvalue weighted by Crippen LogP contribution is 2.05. The van der Waals surface area contributed by atoms with E-state index in [-0.39, 0.29) is 12.6 Å². The van der Waals surface area contributed by atoms with E-state index in [2.05, 4.69) is 15.9 Å². The summed E-state index contributed by atoms with van der Waals surface area (Å²) in [6, 6.07) is 0.0385. The van der Waals surface area contributed by atoms with Gasteiger partial charge in [0.1, 0.15) is 0 Å². The van der Waals surface area contributed by atoms with Crippen molar-refractivity contribution in [2.75, 3.05) is 32.1 Å². The van der Waals surface area contributed by atoms with Crippen molar-refractivity contribution in [3.05, 3.63) is 0 Å². The summed E-state index contributed by atoms with van der Waals surface area (Å²) >= 11 is 3.23. The highest BCUT2D eigenvalue weighted by Gasteiger charge is 2.17. The van der Waals surface area contributed by atoms with Crippen LogP contribution in [0.2, 0.25) is 0 Å². The number of rotatable bonds is 7. The minimum Gasteiger partial charge on any atom is -0.383 e. The average Bonchev–Trinajstić information content (AvgIpc) is 2.03. The first-order valence-electron chi connectivity index (χ1n) is 4.19. The van der Waals surface area contributed by atoms with Crippen molar-refractivity contribution in [2.24, 2.45) is 0 Å². The van der Waals surface area contributed by atoms with Crippen LogP contribution >= 0.6 is 15.9 Å². The van der Waals surface area contributed by atoms with Crippen LogP contribution in [-0.2, 0) is 4.74 Å². The zero-order valence-corrected chi connectivity index (χ0v) is 9.56. The molecule has 2 nitrogen and oxygen atoms in total. The van der Waals surface area contributed by atoms with Gasteiger partial charge in [0.2, 0.25) is 0 Å². The Bertz CT molecular complexity index is 127. The predicted molar refractivity (Wildman–Crippen MR) is 52.7 cm³/mol. The molecule has 0 aromatic carbocycles. The molecule has 1 atom stereocenters. The molecule has 13 heavy (non-hydrogen) atoms. The van der Waals surface area contributed by atoms with Crippen LogP contribution in [0.3, 0.4) is 0 Å². The van der Waals surface area contributed by atoms with E-state index in [1.54, 1.807) is 12.0 Å². The highest BCUT2D eigenvalue weighted by atomic mass is 79.9. The van der Waals surface area contributed by atoms with E-state index in [1.165, 1.54) is 0 Å². The third-order valence-electron chi connectivity index (χ3n) is 1.78. The maximum Gasteiger partial charge on any atom is 0.251 e. The molecule has 80 valence electrons. The minimum absolute atomic E-state index is 0.0385. The molecule has 5 heteroatoms. The van der Waals surface area contributed by atoms with Crippen LogP contribution in [0.4, 0.5) is 8.78 Å². The zero-order valence-electron chi connectivity index (χ0n) is 7.97. The summed E-state index contributed by atoms with van der Waals surface area (Å²) in [4.78, 5) is 1.71. The van der Waals surface area contributed by atoms with Crippen LogP contribution in [0.5, 0.6) is 0 Å². The Morgan fingerprint density at radius 3 is 2.46 bits per heavy atom. The number of ether oxygens (including phenoxy) is 1. The lowest BCUT2D eigenvalue weighted by atomic mass is 10.3. The Morgan fingerprint density at radius 1 is 1.46 bits per heavy atom. The van der Waals surface area contributed by atoms with Gasteiger partial charge in [0, 0.05) is 25.0 Å². The normalized spacial score (nSPS) is 14.1. The SMILES string of the molecule is COCC(C)N(CCBr)CC(F)F. The van der Waals surface area contributed by atoms with Gasteiger partial charge in [-0.25, -0.2) is 8.78 Å². The molecule has 0 fully saturated rings. The first kappa shape index (κ1) is 13.3. The monoisotopic (exact) mass is 259 g/mol. The molecule has 0 aliphatic rings. The van der Waals surface area contributed by atoms with Gasteiger partial charge in [0.15, 0.2) is 0 Å². The van der Waals surface area contributed by atoms with Gasteiger partial charge in [-0.1, -0.05) is 15.9 Å². The Labute approximate surface area is 86.4 Å². The fourth-order valence-electron chi connectivity index (χ4n) is 1.12. The predicted octanol–water partition coefficient (Wildman–Crippen LogP) is 1.98. The number of halogens is 3. The van der Waals surface area contributed by atoms with Gasteiger partial charge in [-0.3, -0.25) is 4.90 Å². The summed E-state index contributed by atoms with van der Waals surface area (Å²) in [6.45, 7) is 2.80. The molecular weight excluding hydrogens is 244 g/mol. The van der Waals surface area contributed by atoms with Crippen LogP contribution in [0.15, 0.2) is 0 Å². The topological polar surface area (TPSA) is 12.5 Å². The van der Waals surface area contributed by atoms with Crippen molar-refractivity contribution in [3.8, 4) is 0 Å². The van der Waals surface area contributed by atoms with Crippen LogP contribution in [0.25, 0.3) is 0 Å². The van der Waals surface area contributed by atoms with Gasteiger partial charge in [-0.05, 0) is 6.92 Å². The van der Waals surface area contributed by atoms with Crippen molar-refractivity contribution in [1.29, 1.82) is 0 Å². The molecule has 0 aliphatic heterocycles. The van der Waals surface area contributed by atoms with E-state index in [4.69, 9.17) is 4.74 Å². The van der Waals surface area contributed by atoms with Gasteiger partial charge < -0.3 is 4.74 Å². The van der Waals surface area contributed by atoms with Crippen LogP contribution in [0, 0.1) is 0 Å². The van der Waals surface area contributed by atoms with Gasteiger partial charge in [0.25, 0.3) is 6.43 Å². The molecule has 0 aromatic rings. The second kappa shape index (κ2) is 7.64. The molecule has 0 saturated carbocycles. The van der Waals surface area contributed by atoms with E-state index >= 15 is 0 Å². The van der Waals surface area contributed by atoms with Crippen molar-refractivity contribution >= 4 is 15.9 Å². The highest BCUT2D eigenvalue weighted by molar-refractivity contribution is 9.09. The van der Waals surface area contributed by atoms with Crippen LogP contribution < -0.4 is 0 Å². The largest absolute Gasteiger partial charge is 0.383 e. The summed E-state index contributed by atoms with van der Waals surface area (Å²) in [7, 11) is 1.57. The average molecular weight is 260 g/mol. The van der Waals surface area contributed by atoms with Crippen molar-refractivity contribution in [2.45, 2.75) is 19.4 Å². The molecule has 0 N–H and O–H groups in total.